The van der Waals surface area contributed by atoms with E-state index in [0.717, 1.165) is 24.1 Å². The molecule has 1 aliphatic rings. The molecule has 0 saturated carbocycles. The molecule has 0 spiro atoms. The molecule has 19 heavy (non-hydrogen) atoms. The maximum absolute atomic E-state index is 11.1. The first kappa shape index (κ1) is 12.2. The first-order valence-corrected chi connectivity index (χ1v) is 6.41. The van der Waals surface area contributed by atoms with Crippen LogP contribution in [0.1, 0.15) is 37.6 Å². The Kier molecular flexibility index (Phi) is 2.60. The SMILES string of the molecule is CC1(C)Cc2c(ccn2-c2ccc(=O)[nH]n2)C(O)C1. The van der Waals surface area contributed by atoms with Gasteiger partial charge in [-0.1, -0.05) is 13.8 Å². The highest BCUT2D eigenvalue weighted by atomic mass is 16.3. The van der Waals surface area contributed by atoms with Gasteiger partial charge < -0.3 is 9.67 Å². The molecule has 0 aliphatic heterocycles. The molecule has 1 atom stereocenters. The zero-order valence-electron chi connectivity index (χ0n) is 11.1. The van der Waals surface area contributed by atoms with Crippen molar-refractivity contribution in [3.8, 4) is 5.82 Å². The van der Waals surface area contributed by atoms with Crippen molar-refractivity contribution >= 4 is 0 Å². The van der Waals surface area contributed by atoms with Gasteiger partial charge in [0.25, 0.3) is 5.56 Å². The molecule has 3 rings (SSSR count). The number of rotatable bonds is 1. The highest BCUT2D eigenvalue weighted by Gasteiger charge is 2.33. The summed E-state index contributed by atoms with van der Waals surface area (Å²) < 4.78 is 1.94. The summed E-state index contributed by atoms with van der Waals surface area (Å²) in [6.07, 6.45) is 3.12. The largest absolute Gasteiger partial charge is 0.388 e. The predicted octanol–water partition coefficient (Wildman–Crippen LogP) is 1.57. The number of aromatic nitrogens is 3. The first-order chi connectivity index (χ1) is 8.96. The number of nitrogens with one attached hydrogen (secondary N) is 1. The molecule has 0 saturated heterocycles. The zero-order valence-corrected chi connectivity index (χ0v) is 11.1. The van der Waals surface area contributed by atoms with Crippen molar-refractivity contribution in [2.75, 3.05) is 0 Å². The van der Waals surface area contributed by atoms with E-state index in [1.807, 2.05) is 16.8 Å². The summed E-state index contributed by atoms with van der Waals surface area (Å²) >= 11 is 0. The Bertz CT molecular complexity index is 649. The average Bonchev–Trinajstić information content (AvgIpc) is 2.72. The van der Waals surface area contributed by atoms with Crippen molar-refractivity contribution in [1.29, 1.82) is 0 Å². The molecule has 0 bridgehead atoms. The van der Waals surface area contributed by atoms with Gasteiger partial charge in [-0.15, -0.1) is 0 Å². The van der Waals surface area contributed by atoms with Crippen LogP contribution >= 0.6 is 0 Å². The molecular formula is C14H17N3O2. The quantitative estimate of drug-likeness (QED) is 0.816. The van der Waals surface area contributed by atoms with E-state index in [2.05, 4.69) is 24.0 Å². The lowest BCUT2D eigenvalue weighted by Crippen LogP contribution is -2.26. The zero-order chi connectivity index (χ0) is 13.6. The molecule has 2 aromatic rings. The maximum Gasteiger partial charge on any atom is 0.264 e. The van der Waals surface area contributed by atoms with Gasteiger partial charge in [0.1, 0.15) is 0 Å². The van der Waals surface area contributed by atoms with Crippen LogP contribution in [0.4, 0.5) is 0 Å². The standard InChI is InChI=1S/C14H17N3O2/c1-14(2)7-10-9(11(18)8-14)5-6-17(10)12-3-4-13(19)16-15-12/h3-6,11,18H,7-8H2,1-2H3,(H,16,19). The van der Waals surface area contributed by atoms with E-state index >= 15 is 0 Å². The molecule has 2 aromatic heterocycles. The second kappa shape index (κ2) is 4.06. The van der Waals surface area contributed by atoms with E-state index in [0.29, 0.717) is 5.82 Å². The van der Waals surface area contributed by atoms with Crippen LogP contribution < -0.4 is 5.56 Å². The van der Waals surface area contributed by atoms with Gasteiger partial charge >= 0.3 is 0 Å². The molecule has 5 heteroatoms. The number of fused-ring (bicyclic) bond motifs is 1. The lowest BCUT2D eigenvalue weighted by molar-refractivity contribution is 0.0986. The van der Waals surface area contributed by atoms with Crippen LogP contribution in [0.5, 0.6) is 0 Å². The fraction of sp³-hybridized carbons (Fsp3) is 0.429. The lowest BCUT2D eigenvalue weighted by Gasteiger charge is -2.33. The fourth-order valence-corrected chi connectivity index (χ4v) is 2.82. The molecule has 2 N–H and O–H groups in total. The van der Waals surface area contributed by atoms with Gasteiger partial charge in [-0.25, -0.2) is 5.10 Å². The molecular weight excluding hydrogens is 242 g/mol. The third-order valence-electron chi connectivity index (χ3n) is 3.69. The Morgan fingerprint density at radius 3 is 2.89 bits per heavy atom. The molecule has 0 aromatic carbocycles. The number of nitrogens with zero attached hydrogens (tertiary/aromatic N) is 2. The minimum absolute atomic E-state index is 0.0602. The predicted molar refractivity (Wildman–Crippen MR) is 71.2 cm³/mol. The summed E-state index contributed by atoms with van der Waals surface area (Å²) in [7, 11) is 0. The van der Waals surface area contributed by atoms with Crippen molar-refractivity contribution in [1.82, 2.24) is 14.8 Å². The minimum Gasteiger partial charge on any atom is -0.388 e. The van der Waals surface area contributed by atoms with Crippen LogP contribution in [0.15, 0.2) is 29.2 Å². The number of aliphatic hydroxyl groups excluding tert-OH is 1. The summed E-state index contributed by atoms with van der Waals surface area (Å²) in [6, 6.07) is 5.08. The van der Waals surface area contributed by atoms with E-state index in [1.54, 1.807) is 6.07 Å². The third kappa shape index (κ3) is 2.10. The summed E-state index contributed by atoms with van der Waals surface area (Å²) in [6.45, 7) is 4.30. The van der Waals surface area contributed by atoms with Crippen LogP contribution in [0.2, 0.25) is 0 Å². The van der Waals surface area contributed by atoms with Gasteiger partial charge in [-0.05, 0) is 30.4 Å². The van der Waals surface area contributed by atoms with Crippen LogP contribution in [0, 0.1) is 5.41 Å². The Hall–Kier alpha value is -1.88. The molecule has 1 aliphatic carbocycles. The number of hydrogen-bond donors (Lipinski definition) is 2. The number of aliphatic hydroxyl groups is 1. The summed E-state index contributed by atoms with van der Waals surface area (Å²) in [5.41, 5.74) is 1.88. The highest BCUT2D eigenvalue weighted by molar-refractivity contribution is 5.36. The molecule has 5 nitrogen and oxygen atoms in total. The molecule has 2 heterocycles. The Balaban J connectivity index is 2.10. The van der Waals surface area contributed by atoms with E-state index in [4.69, 9.17) is 0 Å². The Morgan fingerprint density at radius 2 is 2.21 bits per heavy atom. The van der Waals surface area contributed by atoms with Crippen molar-refractivity contribution in [2.45, 2.75) is 32.8 Å². The van der Waals surface area contributed by atoms with Crippen molar-refractivity contribution in [3.63, 3.8) is 0 Å². The summed E-state index contributed by atoms with van der Waals surface area (Å²) in [4.78, 5) is 11.1. The number of aromatic amines is 1. The smallest absolute Gasteiger partial charge is 0.264 e. The fourth-order valence-electron chi connectivity index (χ4n) is 2.82. The van der Waals surface area contributed by atoms with Crippen LogP contribution in [0.3, 0.4) is 0 Å². The van der Waals surface area contributed by atoms with Gasteiger partial charge in [0.15, 0.2) is 5.82 Å². The third-order valence-corrected chi connectivity index (χ3v) is 3.69. The minimum atomic E-state index is -0.428. The Morgan fingerprint density at radius 1 is 1.42 bits per heavy atom. The van der Waals surface area contributed by atoms with Gasteiger partial charge in [0.05, 0.1) is 6.10 Å². The second-order valence-electron chi connectivity index (χ2n) is 5.93. The molecule has 0 radical (unpaired) electrons. The summed E-state index contributed by atoms with van der Waals surface area (Å²) in [5.74, 6) is 0.672. The van der Waals surface area contributed by atoms with Gasteiger partial charge in [-0.2, -0.15) is 5.10 Å². The number of H-pyrrole nitrogens is 1. The van der Waals surface area contributed by atoms with Gasteiger partial charge in [-0.3, -0.25) is 4.79 Å². The lowest BCUT2D eigenvalue weighted by atomic mass is 9.75. The number of hydrogen-bond acceptors (Lipinski definition) is 3. The van der Waals surface area contributed by atoms with Crippen molar-refractivity contribution in [3.05, 3.63) is 46.0 Å². The van der Waals surface area contributed by atoms with Crippen LogP contribution in [0.25, 0.3) is 5.82 Å². The van der Waals surface area contributed by atoms with Crippen LogP contribution in [-0.4, -0.2) is 19.9 Å². The van der Waals surface area contributed by atoms with E-state index in [-0.39, 0.29) is 11.0 Å². The molecule has 1 unspecified atom stereocenters. The maximum atomic E-state index is 11.1. The van der Waals surface area contributed by atoms with E-state index in [1.165, 1.54) is 6.07 Å². The van der Waals surface area contributed by atoms with Crippen molar-refractivity contribution < 1.29 is 5.11 Å². The van der Waals surface area contributed by atoms with Gasteiger partial charge in [0, 0.05) is 23.5 Å². The molecule has 0 amide bonds. The second-order valence-corrected chi connectivity index (χ2v) is 5.93. The van der Waals surface area contributed by atoms with Gasteiger partial charge in [0.2, 0.25) is 0 Å². The molecule has 0 fully saturated rings. The monoisotopic (exact) mass is 259 g/mol. The topological polar surface area (TPSA) is 70.9 Å². The Labute approximate surface area is 110 Å². The first-order valence-electron chi connectivity index (χ1n) is 6.41. The average molecular weight is 259 g/mol. The normalized spacial score (nSPS) is 21.1. The summed E-state index contributed by atoms with van der Waals surface area (Å²) in [5, 5.41) is 16.7. The molecule has 100 valence electrons. The van der Waals surface area contributed by atoms with E-state index < -0.39 is 6.10 Å². The highest BCUT2D eigenvalue weighted by Crippen LogP contribution is 2.41. The van der Waals surface area contributed by atoms with Crippen molar-refractivity contribution in [2.24, 2.45) is 5.41 Å². The van der Waals surface area contributed by atoms with Crippen LogP contribution in [-0.2, 0) is 6.42 Å². The van der Waals surface area contributed by atoms with E-state index in [9.17, 15) is 9.90 Å².